The van der Waals surface area contributed by atoms with Crippen molar-refractivity contribution in [2.75, 3.05) is 13.6 Å². The lowest BCUT2D eigenvalue weighted by Crippen LogP contribution is -2.34. The molecule has 0 aliphatic carbocycles. The van der Waals surface area contributed by atoms with Gasteiger partial charge in [-0.2, -0.15) is 0 Å². The lowest BCUT2D eigenvalue weighted by Gasteiger charge is -2.34. The molecule has 0 spiro atoms. The van der Waals surface area contributed by atoms with E-state index in [1.807, 2.05) is 7.05 Å². The van der Waals surface area contributed by atoms with Crippen LogP contribution < -0.4 is 11.1 Å². The van der Waals surface area contributed by atoms with Gasteiger partial charge in [0.1, 0.15) is 5.82 Å². The Morgan fingerprint density at radius 2 is 2.12 bits per heavy atom. The van der Waals surface area contributed by atoms with Crippen LogP contribution in [0, 0.1) is 11.2 Å². The van der Waals surface area contributed by atoms with Crippen LogP contribution >= 0.6 is 11.6 Å². The van der Waals surface area contributed by atoms with Crippen molar-refractivity contribution in [1.29, 1.82) is 0 Å². The molecule has 0 amide bonds. The molecule has 0 radical (unpaired) electrons. The topological polar surface area (TPSA) is 38.0 Å². The molecule has 0 aliphatic rings. The predicted octanol–water partition coefficient (Wildman–Crippen LogP) is 3.11. The average Bonchev–Trinajstić information content (AvgIpc) is 2.23. The highest BCUT2D eigenvalue weighted by atomic mass is 35.5. The van der Waals surface area contributed by atoms with Gasteiger partial charge in [-0.1, -0.05) is 25.4 Å². The maximum atomic E-state index is 13.8. The van der Waals surface area contributed by atoms with Gasteiger partial charge in [0.05, 0.1) is 0 Å². The fourth-order valence-corrected chi connectivity index (χ4v) is 2.40. The summed E-state index contributed by atoms with van der Waals surface area (Å²) in [7, 11) is 1.82. The van der Waals surface area contributed by atoms with E-state index in [1.54, 1.807) is 12.1 Å². The molecule has 4 heteroatoms. The summed E-state index contributed by atoms with van der Waals surface area (Å²) in [6, 6.07) is 4.53. The zero-order valence-corrected chi connectivity index (χ0v) is 11.3. The van der Waals surface area contributed by atoms with E-state index in [0.717, 1.165) is 6.42 Å². The molecule has 0 heterocycles. The molecule has 1 aromatic rings. The third-order valence-electron chi connectivity index (χ3n) is 3.13. The standard InChI is InChI=1S/C13H20ClFN2/c1-13(2,6-7-16)12(17-3)10-8-9(14)4-5-11(10)15/h4-5,8,12,17H,6-7,16H2,1-3H3. The molecule has 0 bridgehead atoms. The predicted molar refractivity (Wildman–Crippen MR) is 70.7 cm³/mol. The summed E-state index contributed by atoms with van der Waals surface area (Å²) in [6.45, 7) is 4.72. The molecule has 0 saturated carbocycles. The molecule has 0 aromatic heterocycles. The number of rotatable bonds is 5. The number of halogens is 2. The van der Waals surface area contributed by atoms with Crippen LogP contribution in [-0.4, -0.2) is 13.6 Å². The first-order chi connectivity index (χ1) is 7.92. The van der Waals surface area contributed by atoms with Gasteiger partial charge < -0.3 is 11.1 Å². The quantitative estimate of drug-likeness (QED) is 0.852. The van der Waals surface area contributed by atoms with Crippen molar-refractivity contribution in [3.8, 4) is 0 Å². The van der Waals surface area contributed by atoms with E-state index in [9.17, 15) is 4.39 Å². The number of hydrogen-bond acceptors (Lipinski definition) is 2. The summed E-state index contributed by atoms with van der Waals surface area (Å²) in [6.07, 6.45) is 0.810. The van der Waals surface area contributed by atoms with Crippen LogP contribution in [0.3, 0.4) is 0 Å². The van der Waals surface area contributed by atoms with Crippen LogP contribution in [0.4, 0.5) is 4.39 Å². The van der Waals surface area contributed by atoms with Gasteiger partial charge in [-0.3, -0.25) is 0 Å². The van der Waals surface area contributed by atoms with Gasteiger partial charge in [-0.25, -0.2) is 4.39 Å². The first-order valence-electron chi connectivity index (χ1n) is 5.74. The largest absolute Gasteiger partial charge is 0.330 e. The molecule has 3 N–H and O–H groups in total. The fraction of sp³-hybridized carbons (Fsp3) is 0.538. The summed E-state index contributed by atoms with van der Waals surface area (Å²) in [5, 5.41) is 3.70. The lowest BCUT2D eigenvalue weighted by atomic mass is 9.77. The van der Waals surface area contributed by atoms with Gasteiger partial charge in [0.15, 0.2) is 0 Å². The van der Waals surface area contributed by atoms with Crippen LogP contribution in [-0.2, 0) is 0 Å². The molecule has 1 unspecified atom stereocenters. The second-order valence-corrected chi connectivity index (χ2v) is 5.35. The summed E-state index contributed by atoms with van der Waals surface area (Å²) in [5.41, 5.74) is 6.07. The molecular formula is C13H20ClFN2. The normalized spacial score (nSPS) is 13.8. The van der Waals surface area contributed by atoms with Crippen molar-refractivity contribution in [2.24, 2.45) is 11.1 Å². The number of benzene rings is 1. The third kappa shape index (κ3) is 3.41. The zero-order chi connectivity index (χ0) is 13.1. The molecule has 96 valence electrons. The second-order valence-electron chi connectivity index (χ2n) is 4.91. The van der Waals surface area contributed by atoms with Crippen LogP contribution in [0.2, 0.25) is 5.02 Å². The van der Waals surface area contributed by atoms with E-state index in [-0.39, 0.29) is 17.3 Å². The SMILES string of the molecule is CNC(c1cc(Cl)ccc1F)C(C)(C)CCN. The van der Waals surface area contributed by atoms with E-state index in [1.165, 1.54) is 6.07 Å². The number of nitrogens with one attached hydrogen (secondary N) is 1. The molecule has 1 rings (SSSR count). The van der Waals surface area contributed by atoms with Gasteiger partial charge in [0.25, 0.3) is 0 Å². The Morgan fingerprint density at radius 1 is 1.47 bits per heavy atom. The minimum Gasteiger partial charge on any atom is -0.330 e. The first kappa shape index (κ1) is 14.4. The highest BCUT2D eigenvalue weighted by Crippen LogP contribution is 2.37. The molecular weight excluding hydrogens is 239 g/mol. The Kier molecular flexibility index (Phi) is 4.92. The van der Waals surface area contributed by atoms with Gasteiger partial charge in [0.2, 0.25) is 0 Å². The fourth-order valence-electron chi connectivity index (χ4n) is 2.22. The van der Waals surface area contributed by atoms with Crippen LogP contribution in [0.15, 0.2) is 18.2 Å². The van der Waals surface area contributed by atoms with E-state index < -0.39 is 0 Å². The maximum Gasteiger partial charge on any atom is 0.128 e. The highest BCUT2D eigenvalue weighted by Gasteiger charge is 2.30. The van der Waals surface area contributed by atoms with Crippen molar-refractivity contribution in [1.82, 2.24) is 5.32 Å². The number of hydrogen-bond donors (Lipinski definition) is 2. The van der Waals surface area contributed by atoms with Crippen molar-refractivity contribution < 1.29 is 4.39 Å². The summed E-state index contributed by atoms with van der Waals surface area (Å²) >= 11 is 5.93. The van der Waals surface area contributed by atoms with E-state index >= 15 is 0 Å². The summed E-state index contributed by atoms with van der Waals surface area (Å²) in [4.78, 5) is 0. The van der Waals surface area contributed by atoms with Crippen molar-refractivity contribution in [3.05, 3.63) is 34.6 Å². The minimum absolute atomic E-state index is 0.107. The minimum atomic E-state index is -0.237. The Morgan fingerprint density at radius 3 is 2.65 bits per heavy atom. The second kappa shape index (κ2) is 5.80. The molecule has 1 aromatic carbocycles. The van der Waals surface area contributed by atoms with E-state index in [0.29, 0.717) is 17.1 Å². The summed E-state index contributed by atoms with van der Waals surface area (Å²) < 4.78 is 13.8. The third-order valence-corrected chi connectivity index (χ3v) is 3.36. The molecule has 17 heavy (non-hydrogen) atoms. The first-order valence-corrected chi connectivity index (χ1v) is 6.12. The van der Waals surface area contributed by atoms with Crippen molar-refractivity contribution >= 4 is 11.6 Å². The smallest absolute Gasteiger partial charge is 0.128 e. The van der Waals surface area contributed by atoms with Crippen LogP contribution in [0.5, 0.6) is 0 Å². The van der Waals surface area contributed by atoms with E-state index in [4.69, 9.17) is 17.3 Å². The van der Waals surface area contributed by atoms with Gasteiger partial charge in [-0.05, 0) is 43.6 Å². The van der Waals surface area contributed by atoms with Crippen molar-refractivity contribution in [3.63, 3.8) is 0 Å². The molecule has 2 nitrogen and oxygen atoms in total. The Bertz CT molecular complexity index is 380. The molecule has 0 aliphatic heterocycles. The Hall–Kier alpha value is -0.640. The monoisotopic (exact) mass is 258 g/mol. The molecule has 0 fully saturated rings. The lowest BCUT2D eigenvalue weighted by molar-refractivity contribution is 0.234. The van der Waals surface area contributed by atoms with Gasteiger partial charge in [-0.15, -0.1) is 0 Å². The summed E-state index contributed by atoms with van der Waals surface area (Å²) in [5.74, 6) is -0.237. The molecule has 1 atom stereocenters. The maximum absolute atomic E-state index is 13.8. The highest BCUT2D eigenvalue weighted by molar-refractivity contribution is 6.30. The zero-order valence-electron chi connectivity index (χ0n) is 10.6. The van der Waals surface area contributed by atoms with Gasteiger partial charge >= 0.3 is 0 Å². The Labute approximate surface area is 107 Å². The van der Waals surface area contributed by atoms with Gasteiger partial charge in [0, 0.05) is 16.6 Å². The van der Waals surface area contributed by atoms with Crippen molar-refractivity contribution in [2.45, 2.75) is 26.3 Å². The van der Waals surface area contributed by atoms with Crippen LogP contribution in [0.1, 0.15) is 31.9 Å². The van der Waals surface area contributed by atoms with E-state index in [2.05, 4.69) is 19.2 Å². The Balaban J connectivity index is 3.13. The van der Waals surface area contributed by atoms with Crippen LogP contribution in [0.25, 0.3) is 0 Å². The number of nitrogens with two attached hydrogens (primary N) is 1. The molecule has 0 saturated heterocycles. The average molecular weight is 259 g/mol.